The molecule has 1 aromatic heterocycles. The molecule has 6 heteroatoms. The zero-order valence-electron chi connectivity index (χ0n) is 10.2. The van der Waals surface area contributed by atoms with Gasteiger partial charge in [0.15, 0.2) is 5.82 Å². The van der Waals surface area contributed by atoms with Gasteiger partial charge in [0.05, 0.1) is 6.20 Å². The Labute approximate surface area is 127 Å². The highest BCUT2D eigenvalue weighted by atomic mass is 79.9. The third-order valence-electron chi connectivity index (χ3n) is 2.56. The smallest absolute Gasteiger partial charge is 0.256 e. The van der Waals surface area contributed by atoms with E-state index in [1.54, 1.807) is 12.1 Å². The first-order valence-corrected chi connectivity index (χ1v) is 7.27. The van der Waals surface area contributed by atoms with Crippen LogP contribution in [0.4, 0.5) is 5.82 Å². The van der Waals surface area contributed by atoms with Crippen LogP contribution < -0.4 is 5.32 Å². The van der Waals surface area contributed by atoms with E-state index < -0.39 is 0 Å². The van der Waals surface area contributed by atoms with Crippen molar-refractivity contribution in [3.8, 4) is 0 Å². The molecule has 2 aromatic rings. The number of halogens is 2. The maximum atomic E-state index is 12.0. The minimum atomic E-state index is -0.208. The average Bonchev–Trinajstić information content (AvgIpc) is 2.42. The van der Waals surface area contributed by atoms with Gasteiger partial charge in [0.2, 0.25) is 0 Å². The van der Waals surface area contributed by atoms with Crippen LogP contribution >= 0.6 is 31.9 Å². The van der Waals surface area contributed by atoms with Crippen molar-refractivity contribution in [1.29, 1.82) is 0 Å². The van der Waals surface area contributed by atoms with Crippen molar-refractivity contribution in [2.24, 2.45) is 0 Å². The zero-order chi connectivity index (χ0) is 13.8. The molecule has 0 radical (unpaired) electrons. The Morgan fingerprint density at radius 3 is 2.53 bits per heavy atom. The zero-order valence-corrected chi connectivity index (χ0v) is 13.3. The molecule has 1 heterocycles. The summed E-state index contributed by atoms with van der Waals surface area (Å²) in [6.07, 6.45) is 2.48. The summed E-state index contributed by atoms with van der Waals surface area (Å²) in [7, 11) is 0. The molecule has 1 amide bonds. The van der Waals surface area contributed by atoms with Crippen LogP contribution in [0, 0.1) is 0 Å². The van der Waals surface area contributed by atoms with Crippen LogP contribution in [0.5, 0.6) is 0 Å². The standard InChI is InChI=1S/C13H11Br2N3O/c1-2-8-3-5-9(6-4-8)13(19)18-12-11(15)17-10(14)7-16-12/h3-7H,2H2,1H3,(H,16,18,19). The summed E-state index contributed by atoms with van der Waals surface area (Å²) < 4.78 is 1.09. The van der Waals surface area contributed by atoms with Gasteiger partial charge >= 0.3 is 0 Å². The van der Waals surface area contributed by atoms with Gasteiger partial charge in [-0.25, -0.2) is 9.97 Å². The van der Waals surface area contributed by atoms with E-state index in [0.717, 1.165) is 6.42 Å². The molecule has 0 aliphatic carbocycles. The molecule has 1 aromatic carbocycles. The lowest BCUT2D eigenvalue weighted by Crippen LogP contribution is -2.13. The predicted molar refractivity (Wildman–Crippen MR) is 81.2 cm³/mol. The first kappa shape index (κ1) is 14.1. The number of carbonyl (C=O) groups is 1. The first-order chi connectivity index (χ1) is 9.10. The number of nitrogens with one attached hydrogen (secondary N) is 1. The van der Waals surface area contributed by atoms with Crippen molar-refractivity contribution >= 4 is 43.6 Å². The predicted octanol–water partition coefficient (Wildman–Crippen LogP) is 3.82. The fourth-order valence-corrected chi connectivity index (χ4v) is 2.41. The van der Waals surface area contributed by atoms with Crippen molar-refractivity contribution in [2.75, 3.05) is 5.32 Å². The first-order valence-electron chi connectivity index (χ1n) is 5.68. The van der Waals surface area contributed by atoms with Gasteiger partial charge in [0.1, 0.15) is 9.21 Å². The van der Waals surface area contributed by atoms with E-state index in [0.29, 0.717) is 20.6 Å². The number of benzene rings is 1. The molecule has 0 aliphatic rings. The van der Waals surface area contributed by atoms with E-state index in [2.05, 4.69) is 54.1 Å². The number of hydrogen-bond acceptors (Lipinski definition) is 3. The number of amides is 1. The molecule has 0 aliphatic heterocycles. The van der Waals surface area contributed by atoms with Gasteiger partial charge in [-0.05, 0) is 56.0 Å². The molecular formula is C13H11Br2N3O. The minimum absolute atomic E-state index is 0.208. The molecule has 0 fully saturated rings. The van der Waals surface area contributed by atoms with E-state index in [9.17, 15) is 4.79 Å². The summed E-state index contributed by atoms with van der Waals surface area (Å²) >= 11 is 6.46. The number of carbonyl (C=O) groups excluding carboxylic acids is 1. The van der Waals surface area contributed by atoms with Crippen LogP contribution in [0.25, 0.3) is 0 Å². The number of hydrogen-bond donors (Lipinski definition) is 1. The van der Waals surface area contributed by atoms with Crippen molar-refractivity contribution in [2.45, 2.75) is 13.3 Å². The summed E-state index contributed by atoms with van der Waals surface area (Å²) in [5.74, 6) is 0.188. The summed E-state index contributed by atoms with van der Waals surface area (Å²) in [5.41, 5.74) is 1.79. The monoisotopic (exact) mass is 383 g/mol. The lowest BCUT2D eigenvalue weighted by Gasteiger charge is -2.06. The molecule has 0 saturated heterocycles. The van der Waals surface area contributed by atoms with Gasteiger partial charge in [-0.3, -0.25) is 4.79 Å². The largest absolute Gasteiger partial charge is 0.304 e. The van der Waals surface area contributed by atoms with Gasteiger partial charge in [-0.2, -0.15) is 0 Å². The molecular weight excluding hydrogens is 374 g/mol. The highest BCUT2D eigenvalue weighted by Crippen LogP contribution is 2.20. The van der Waals surface area contributed by atoms with Crippen molar-refractivity contribution < 1.29 is 4.79 Å². The molecule has 0 atom stereocenters. The van der Waals surface area contributed by atoms with Crippen molar-refractivity contribution in [3.63, 3.8) is 0 Å². The summed E-state index contributed by atoms with van der Waals surface area (Å²) in [4.78, 5) is 20.2. The van der Waals surface area contributed by atoms with Gasteiger partial charge in [-0.15, -0.1) is 0 Å². The van der Waals surface area contributed by atoms with Gasteiger partial charge in [-0.1, -0.05) is 19.1 Å². The maximum absolute atomic E-state index is 12.0. The second kappa shape index (κ2) is 6.25. The third-order valence-corrected chi connectivity index (χ3v) is 3.49. The molecule has 0 saturated carbocycles. The quantitative estimate of drug-likeness (QED) is 0.875. The van der Waals surface area contributed by atoms with E-state index in [-0.39, 0.29) is 5.91 Å². The van der Waals surface area contributed by atoms with Gasteiger partial charge in [0.25, 0.3) is 5.91 Å². The Kier molecular flexibility index (Phi) is 4.66. The second-order valence-electron chi connectivity index (χ2n) is 3.84. The molecule has 19 heavy (non-hydrogen) atoms. The SMILES string of the molecule is CCc1ccc(C(=O)Nc2ncc(Br)nc2Br)cc1. The molecule has 4 nitrogen and oxygen atoms in total. The maximum Gasteiger partial charge on any atom is 0.256 e. The van der Waals surface area contributed by atoms with Crippen LogP contribution in [0.15, 0.2) is 39.7 Å². The van der Waals surface area contributed by atoms with Gasteiger partial charge in [0, 0.05) is 5.56 Å². The van der Waals surface area contributed by atoms with Crippen LogP contribution in [-0.4, -0.2) is 15.9 Å². The number of anilines is 1. The molecule has 98 valence electrons. The van der Waals surface area contributed by atoms with Crippen molar-refractivity contribution in [3.05, 3.63) is 50.8 Å². The Balaban J connectivity index is 2.15. The highest BCUT2D eigenvalue weighted by Gasteiger charge is 2.10. The highest BCUT2D eigenvalue weighted by molar-refractivity contribution is 9.11. The Morgan fingerprint density at radius 1 is 1.26 bits per heavy atom. The summed E-state index contributed by atoms with van der Waals surface area (Å²) in [6.45, 7) is 2.07. The normalized spacial score (nSPS) is 10.3. The molecule has 0 unspecified atom stereocenters. The molecule has 1 N–H and O–H groups in total. The average molecular weight is 385 g/mol. The lowest BCUT2D eigenvalue weighted by atomic mass is 10.1. The number of aromatic nitrogens is 2. The van der Waals surface area contributed by atoms with Gasteiger partial charge < -0.3 is 5.32 Å². The van der Waals surface area contributed by atoms with Crippen LogP contribution in [0.1, 0.15) is 22.8 Å². The lowest BCUT2D eigenvalue weighted by molar-refractivity contribution is 0.102. The molecule has 2 rings (SSSR count). The molecule has 0 bridgehead atoms. The Bertz CT molecular complexity index is 599. The van der Waals surface area contributed by atoms with Crippen LogP contribution in [0.2, 0.25) is 0 Å². The number of nitrogens with zero attached hydrogens (tertiary/aromatic N) is 2. The third kappa shape index (κ3) is 3.61. The van der Waals surface area contributed by atoms with E-state index in [1.807, 2.05) is 12.1 Å². The summed E-state index contributed by atoms with van der Waals surface area (Å²) in [6, 6.07) is 7.48. The van der Waals surface area contributed by atoms with Crippen LogP contribution in [0.3, 0.4) is 0 Å². The second-order valence-corrected chi connectivity index (χ2v) is 5.40. The fraction of sp³-hybridized carbons (Fsp3) is 0.154. The molecule has 0 spiro atoms. The van der Waals surface area contributed by atoms with Crippen LogP contribution in [-0.2, 0) is 6.42 Å². The minimum Gasteiger partial charge on any atom is -0.304 e. The number of rotatable bonds is 3. The van der Waals surface area contributed by atoms with E-state index in [1.165, 1.54) is 11.8 Å². The fourth-order valence-electron chi connectivity index (χ4n) is 1.50. The topological polar surface area (TPSA) is 54.9 Å². The number of aryl methyl sites for hydroxylation is 1. The summed E-state index contributed by atoms with van der Waals surface area (Å²) in [5, 5.41) is 2.71. The van der Waals surface area contributed by atoms with E-state index in [4.69, 9.17) is 0 Å². The van der Waals surface area contributed by atoms with Crippen molar-refractivity contribution in [1.82, 2.24) is 9.97 Å². The van der Waals surface area contributed by atoms with E-state index >= 15 is 0 Å². The Hall–Kier alpha value is -1.27. The Morgan fingerprint density at radius 2 is 1.95 bits per heavy atom.